The summed E-state index contributed by atoms with van der Waals surface area (Å²) in [5, 5.41) is 0. The first-order valence-corrected chi connectivity index (χ1v) is 6.10. The molecule has 0 aliphatic heterocycles. The molecular weight excluding hydrogens is 246 g/mol. The highest BCUT2D eigenvalue weighted by Crippen LogP contribution is 2.51. The number of hydrogen-bond acceptors (Lipinski definition) is 1. The lowest BCUT2D eigenvalue weighted by atomic mass is 10.0. The fourth-order valence-corrected chi connectivity index (χ4v) is 2.61. The lowest BCUT2D eigenvalue weighted by Gasteiger charge is -2.12. The SMILES string of the molecule is Cc1ccc2c(c1)C(F)(F)c1ccc(CC=O)cc1-2. The number of benzene rings is 2. The molecular formula is C16H12F2O. The van der Waals surface area contributed by atoms with Crippen molar-refractivity contribution in [3.05, 3.63) is 58.7 Å². The standard InChI is InChI=1S/C16H12F2O/c1-10-2-4-12-13-9-11(6-7-19)3-5-14(13)16(17,18)15(12)8-10/h2-5,7-9H,6H2,1H3. The second kappa shape index (κ2) is 3.98. The normalized spacial score (nSPS) is 14.9. The monoisotopic (exact) mass is 258 g/mol. The van der Waals surface area contributed by atoms with E-state index in [2.05, 4.69) is 0 Å². The molecule has 0 fully saturated rings. The van der Waals surface area contributed by atoms with E-state index in [0.29, 0.717) is 11.1 Å². The van der Waals surface area contributed by atoms with Gasteiger partial charge >= 0.3 is 0 Å². The van der Waals surface area contributed by atoms with Gasteiger partial charge in [-0.3, -0.25) is 0 Å². The number of hydrogen-bond donors (Lipinski definition) is 0. The molecule has 0 N–H and O–H groups in total. The van der Waals surface area contributed by atoms with E-state index in [4.69, 9.17) is 0 Å². The summed E-state index contributed by atoms with van der Waals surface area (Å²) in [6, 6.07) is 9.82. The van der Waals surface area contributed by atoms with Crippen LogP contribution in [0.3, 0.4) is 0 Å². The van der Waals surface area contributed by atoms with Gasteiger partial charge in [-0.05, 0) is 29.7 Å². The Labute approximate surface area is 109 Å². The van der Waals surface area contributed by atoms with E-state index in [0.717, 1.165) is 17.4 Å². The van der Waals surface area contributed by atoms with Crippen molar-refractivity contribution in [1.82, 2.24) is 0 Å². The maximum absolute atomic E-state index is 14.4. The first kappa shape index (κ1) is 12.0. The van der Waals surface area contributed by atoms with Crippen molar-refractivity contribution in [2.75, 3.05) is 0 Å². The van der Waals surface area contributed by atoms with Crippen LogP contribution in [-0.2, 0) is 17.1 Å². The molecule has 0 radical (unpaired) electrons. The van der Waals surface area contributed by atoms with Crippen LogP contribution >= 0.6 is 0 Å². The average molecular weight is 258 g/mol. The first-order chi connectivity index (χ1) is 9.04. The van der Waals surface area contributed by atoms with Crippen LogP contribution in [0.5, 0.6) is 0 Å². The Bertz CT molecular complexity index is 674. The molecule has 0 saturated heterocycles. The molecule has 0 amide bonds. The Balaban J connectivity index is 2.26. The van der Waals surface area contributed by atoms with Gasteiger partial charge in [-0.1, -0.05) is 35.9 Å². The molecule has 0 unspecified atom stereocenters. The van der Waals surface area contributed by atoms with Gasteiger partial charge in [-0.25, -0.2) is 0 Å². The van der Waals surface area contributed by atoms with Crippen molar-refractivity contribution in [3.8, 4) is 11.1 Å². The highest BCUT2D eigenvalue weighted by molar-refractivity contribution is 5.80. The molecule has 19 heavy (non-hydrogen) atoms. The van der Waals surface area contributed by atoms with E-state index >= 15 is 0 Å². The lowest BCUT2D eigenvalue weighted by Crippen LogP contribution is -2.11. The summed E-state index contributed by atoms with van der Waals surface area (Å²) in [4.78, 5) is 10.5. The van der Waals surface area contributed by atoms with Crippen LogP contribution in [0.25, 0.3) is 11.1 Å². The Morgan fingerprint density at radius 2 is 1.84 bits per heavy atom. The number of rotatable bonds is 2. The third-order valence-electron chi connectivity index (χ3n) is 3.54. The minimum Gasteiger partial charge on any atom is -0.303 e. The molecule has 3 heteroatoms. The molecule has 1 nitrogen and oxygen atoms in total. The summed E-state index contributed by atoms with van der Waals surface area (Å²) >= 11 is 0. The van der Waals surface area contributed by atoms with Gasteiger partial charge in [-0.2, -0.15) is 8.78 Å². The molecule has 0 bridgehead atoms. The smallest absolute Gasteiger partial charge is 0.299 e. The summed E-state index contributed by atoms with van der Waals surface area (Å²) in [6.07, 6.45) is 1.03. The van der Waals surface area contributed by atoms with E-state index in [9.17, 15) is 13.6 Å². The van der Waals surface area contributed by atoms with Gasteiger partial charge in [0.15, 0.2) is 0 Å². The Morgan fingerprint density at radius 1 is 1.05 bits per heavy atom. The molecule has 0 saturated carbocycles. The zero-order valence-corrected chi connectivity index (χ0v) is 10.4. The minimum atomic E-state index is -2.95. The predicted octanol–water partition coefficient (Wildman–Crippen LogP) is 3.86. The number of aldehydes is 1. The largest absolute Gasteiger partial charge is 0.303 e. The van der Waals surface area contributed by atoms with Gasteiger partial charge in [0.05, 0.1) is 0 Å². The minimum absolute atomic E-state index is 0.0303. The van der Waals surface area contributed by atoms with Crippen LogP contribution in [0.4, 0.5) is 8.78 Å². The summed E-state index contributed by atoms with van der Waals surface area (Å²) in [5.74, 6) is -2.95. The maximum atomic E-state index is 14.4. The molecule has 0 aromatic heterocycles. The highest BCUT2D eigenvalue weighted by Gasteiger charge is 2.44. The number of alkyl halides is 2. The number of fused-ring (bicyclic) bond motifs is 3. The highest BCUT2D eigenvalue weighted by atomic mass is 19.3. The van der Waals surface area contributed by atoms with Crippen molar-refractivity contribution in [2.45, 2.75) is 19.3 Å². The van der Waals surface area contributed by atoms with Crippen molar-refractivity contribution in [3.63, 3.8) is 0 Å². The molecule has 2 aromatic rings. The number of carbonyl (C=O) groups is 1. The number of carbonyl (C=O) groups excluding carboxylic acids is 1. The topological polar surface area (TPSA) is 17.1 Å². The molecule has 0 heterocycles. The molecule has 96 valence electrons. The molecule has 2 aromatic carbocycles. The fraction of sp³-hybridized carbons (Fsp3) is 0.188. The lowest BCUT2D eigenvalue weighted by molar-refractivity contribution is -0.107. The molecule has 3 rings (SSSR count). The van der Waals surface area contributed by atoms with Crippen LogP contribution in [0.15, 0.2) is 36.4 Å². The Hall–Kier alpha value is -2.03. The summed E-state index contributed by atoms with van der Waals surface area (Å²) in [7, 11) is 0. The third-order valence-corrected chi connectivity index (χ3v) is 3.54. The van der Waals surface area contributed by atoms with Crippen molar-refractivity contribution < 1.29 is 13.6 Å². The molecule has 1 aliphatic rings. The second-order valence-corrected chi connectivity index (χ2v) is 4.87. The fourth-order valence-electron chi connectivity index (χ4n) is 2.61. The van der Waals surface area contributed by atoms with Gasteiger partial charge < -0.3 is 4.79 Å². The van der Waals surface area contributed by atoms with Gasteiger partial charge in [0, 0.05) is 17.5 Å². The van der Waals surface area contributed by atoms with Crippen LogP contribution < -0.4 is 0 Å². The van der Waals surface area contributed by atoms with E-state index in [1.165, 1.54) is 12.1 Å². The summed E-state index contributed by atoms with van der Waals surface area (Å²) < 4.78 is 28.7. The van der Waals surface area contributed by atoms with Crippen LogP contribution in [0.1, 0.15) is 22.3 Å². The number of aryl methyl sites for hydroxylation is 1. The van der Waals surface area contributed by atoms with E-state index in [-0.39, 0.29) is 17.5 Å². The van der Waals surface area contributed by atoms with E-state index in [1.807, 2.05) is 6.07 Å². The first-order valence-electron chi connectivity index (χ1n) is 6.10. The second-order valence-electron chi connectivity index (χ2n) is 4.87. The summed E-state index contributed by atoms with van der Waals surface area (Å²) in [5.41, 5.74) is 2.78. The van der Waals surface area contributed by atoms with Crippen LogP contribution in [-0.4, -0.2) is 6.29 Å². The molecule has 0 atom stereocenters. The van der Waals surface area contributed by atoms with Gasteiger partial charge in [0.25, 0.3) is 5.92 Å². The third kappa shape index (κ3) is 1.69. The average Bonchev–Trinajstić information content (AvgIpc) is 2.59. The van der Waals surface area contributed by atoms with Gasteiger partial charge in [-0.15, -0.1) is 0 Å². The predicted molar refractivity (Wildman–Crippen MR) is 69.4 cm³/mol. The van der Waals surface area contributed by atoms with E-state index in [1.54, 1.807) is 25.1 Å². The summed E-state index contributed by atoms with van der Waals surface area (Å²) in [6.45, 7) is 1.80. The maximum Gasteiger partial charge on any atom is 0.299 e. The molecule has 0 spiro atoms. The van der Waals surface area contributed by atoms with Crippen molar-refractivity contribution in [2.24, 2.45) is 0 Å². The molecule has 1 aliphatic carbocycles. The quantitative estimate of drug-likeness (QED) is 0.748. The van der Waals surface area contributed by atoms with Crippen molar-refractivity contribution >= 4 is 6.29 Å². The van der Waals surface area contributed by atoms with Crippen LogP contribution in [0.2, 0.25) is 0 Å². The number of halogens is 2. The van der Waals surface area contributed by atoms with Crippen molar-refractivity contribution in [1.29, 1.82) is 0 Å². The Kier molecular flexibility index (Phi) is 2.52. The van der Waals surface area contributed by atoms with Gasteiger partial charge in [0.1, 0.15) is 6.29 Å². The zero-order chi connectivity index (χ0) is 13.6. The van der Waals surface area contributed by atoms with Crippen LogP contribution in [0, 0.1) is 6.92 Å². The Morgan fingerprint density at radius 3 is 2.58 bits per heavy atom. The van der Waals surface area contributed by atoms with Gasteiger partial charge in [0.2, 0.25) is 0 Å². The zero-order valence-electron chi connectivity index (χ0n) is 10.4. The van der Waals surface area contributed by atoms with E-state index < -0.39 is 5.92 Å².